The second kappa shape index (κ2) is 11.9. The lowest BCUT2D eigenvalue weighted by Gasteiger charge is -2.30. The van der Waals surface area contributed by atoms with E-state index in [4.69, 9.17) is 16.3 Å². The molecule has 0 fully saturated rings. The first kappa shape index (κ1) is 27.3. The Morgan fingerprint density at radius 1 is 0.366 bits per heavy atom. The average molecular weight is 663 g/mol. The summed E-state index contributed by atoms with van der Waals surface area (Å²) in [4.78, 5) is -0.804. The Kier molecular flexibility index (Phi) is 7.95. The number of rotatable bonds is 8. The van der Waals surface area contributed by atoms with Gasteiger partial charge in [0.1, 0.15) is 16.4 Å². The lowest BCUT2D eigenvalue weighted by molar-refractivity contribution is 0.482. The third-order valence-electron chi connectivity index (χ3n) is 7.43. The Balaban J connectivity index is 1.28. The molecule has 3 heteroatoms. The molecule has 6 aromatic carbocycles. The number of ether oxygens (including phenoxy) is 1. The van der Waals surface area contributed by atoms with Crippen LogP contribution in [0.25, 0.3) is 0 Å². The van der Waals surface area contributed by atoms with Gasteiger partial charge in [-0.15, -0.1) is 11.6 Å². The highest BCUT2D eigenvalue weighted by Crippen LogP contribution is 2.46. The molecule has 0 aliphatic heterocycles. The van der Waals surface area contributed by atoms with Crippen LogP contribution in [0.3, 0.4) is 0 Å². The molecule has 0 atom stereocenters. The third-order valence-corrected chi connectivity index (χ3v) is 9.95. The molecular weight excluding hydrogens is 635 g/mol. The maximum absolute atomic E-state index is 7.45. The number of hydrogen-bond donors (Lipinski definition) is 0. The summed E-state index contributed by atoms with van der Waals surface area (Å²) in [5.41, 5.74) is 6.69. The van der Waals surface area contributed by atoms with Gasteiger partial charge in [-0.1, -0.05) is 168 Å². The largest absolute Gasteiger partial charge is 0.457 e. The van der Waals surface area contributed by atoms with Crippen LogP contribution in [0.2, 0.25) is 0 Å². The zero-order valence-corrected chi connectivity index (χ0v) is 25.2. The smallest absolute Gasteiger partial charge is 0.127 e. The Bertz CT molecular complexity index is 1480. The molecule has 0 aliphatic rings. The molecule has 6 aromatic rings. The molecule has 0 saturated heterocycles. The lowest BCUT2D eigenvalue weighted by atomic mass is 9.84. The summed E-state index contributed by atoms with van der Waals surface area (Å²) in [6.45, 7) is 0. The molecule has 0 heterocycles. The molecule has 0 amide bonds. The third kappa shape index (κ3) is 5.42. The highest BCUT2D eigenvalue weighted by atomic mass is 127. The minimum Gasteiger partial charge on any atom is -0.457 e. The summed E-state index contributed by atoms with van der Waals surface area (Å²) in [7, 11) is 0. The van der Waals surface area contributed by atoms with Crippen molar-refractivity contribution in [3.05, 3.63) is 203 Å². The first-order chi connectivity index (χ1) is 20.1. The zero-order valence-electron chi connectivity index (χ0n) is 22.3. The molecule has 0 spiro atoms. The fourth-order valence-electron chi connectivity index (χ4n) is 5.31. The van der Waals surface area contributed by atoms with Crippen molar-refractivity contribution < 1.29 is 4.74 Å². The van der Waals surface area contributed by atoms with Gasteiger partial charge < -0.3 is 4.74 Å². The van der Waals surface area contributed by atoms with E-state index >= 15 is 0 Å². The van der Waals surface area contributed by atoms with Crippen LogP contribution in [0, 0.1) is 0 Å². The molecule has 0 aromatic heterocycles. The summed E-state index contributed by atoms with van der Waals surface area (Å²) < 4.78 is 5.97. The van der Waals surface area contributed by atoms with Crippen LogP contribution in [0.1, 0.15) is 33.4 Å². The van der Waals surface area contributed by atoms with Crippen LogP contribution in [0.15, 0.2) is 170 Å². The quantitative estimate of drug-likeness (QED) is 0.0895. The van der Waals surface area contributed by atoms with Crippen molar-refractivity contribution in [2.45, 2.75) is 8.30 Å². The Morgan fingerprint density at radius 2 is 0.634 bits per heavy atom. The zero-order chi connectivity index (χ0) is 28.1. The minimum absolute atomic E-state index is 0.320. The van der Waals surface area contributed by atoms with Gasteiger partial charge in [-0.25, -0.2) is 0 Å². The molecule has 0 N–H and O–H groups in total. The maximum atomic E-state index is 7.45. The van der Waals surface area contributed by atoms with Gasteiger partial charge in [0.25, 0.3) is 0 Å². The lowest BCUT2D eigenvalue weighted by Crippen LogP contribution is -2.22. The van der Waals surface area contributed by atoms with Crippen molar-refractivity contribution in [2.24, 2.45) is 0 Å². The van der Waals surface area contributed by atoms with Gasteiger partial charge in [0.05, 0.1) is 3.42 Å². The average Bonchev–Trinajstić information content (AvgIpc) is 3.06. The highest BCUT2D eigenvalue weighted by molar-refractivity contribution is 14.1. The summed E-state index contributed by atoms with van der Waals surface area (Å²) >= 11 is 10.0. The monoisotopic (exact) mass is 662 g/mol. The van der Waals surface area contributed by atoms with Crippen LogP contribution in [0.4, 0.5) is 0 Å². The van der Waals surface area contributed by atoms with Gasteiger partial charge in [0.15, 0.2) is 0 Å². The minimum atomic E-state index is -0.804. The van der Waals surface area contributed by atoms with Crippen molar-refractivity contribution in [1.82, 2.24) is 0 Å². The molecule has 41 heavy (non-hydrogen) atoms. The van der Waals surface area contributed by atoms with Gasteiger partial charge in [0, 0.05) is 0 Å². The van der Waals surface area contributed by atoms with E-state index in [1.54, 1.807) is 0 Å². The van der Waals surface area contributed by atoms with Gasteiger partial charge in [-0.05, 0) is 57.6 Å². The van der Waals surface area contributed by atoms with Crippen LogP contribution in [-0.4, -0.2) is 0 Å². The molecule has 0 saturated carbocycles. The topological polar surface area (TPSA) is 9.23 Å². The Hall–Kier alpha value is -3.86. The molecule has 6 rings (SSSR count). The maximum Gasteiger partial charge on any atom is 0.127 e. The van der Waals surface area contributed by atoms with E-state index in [0.29, 0.717) is 0 Å². The second-order valence-electron chi connectivity index (χ2n) is 9.93. The van der Waals surface area contributed by atoms with Crippen molar-refractivity contribution in [3.8, 4) is 11.5 Å². The standard InChI is InChI=1S/C38H28ClIO/c39-37(29-13-5-1-6-14-29,30-15-7-2-8-16-30)31-21-25-35(26-22-31)41-36-27-23-34(24-28-36)38(40,32-17-9-3-10-18-32)33-19-11-4-12-20-33/h1-28H. The van der Waals surface area contributed by atoms with Gasteiger partial charge in [-0.2, -0.15) is 0 Å². The molecule has 1 nitrogen and oxygen atoms in total. The van der Waals surface area contributed by atoms with E-state index < -0.39 is 4.87 Å². The predicted octanol–water partition coefficient (Wildman–Crippen LogP) is 10.7. The van der Waals surface area contributed by atoms with Crippen molar-refractivity contribution in [3.63, 3.8) is 0 Å². The number of halogens is 2. The Labute approximate surface area is 260 Å². The molecule has 0 unspecified atom stereocenters. The van der Waals surface area contributed by atoms with Crippen LogP contribution in [0.5, 0.6) is 11.5 Å². The van der Waals surface area contributed by atoms with Crippen LogP contribution in [-0.2, 0) is 8.30 Å². The number of alkyl halides is 2. The van der Waals surface area contributed by atoms with Crippen LogP contribution < -0.4 is 4.74 Å². The SMILES string of the molecule is ClC(c1ccccc1)(c1ccccc1)c1ccc(Oc2ccc(C(I)(c3ccccc3)c3ccccc3)cc2)cc1. The summed E-state index contributed by atoms with van der Waals surface area (Å²) in [6.07, 6.45) is 0. The van der Waals surface area contributed by atoms with Gasteiger partial charge in [-0.3, -0.25) is 0 Å². The summed E-state index contributed by atoms with van der Waals surface area (Å²) in [5.74, 6) is 1.54. The number of hydrogen-bond acceptors (Lipinski definition) is 1. The van der Waals surface area contributed by atoms with E-state index in [1.165, 1.54) is 16.7 Å². The van der Waals surface area contributed by atoms with Gasteiger partial charge in [0.2, 0.25) is 0 Å². The second-order valence-corrected chi connectivity index (χ2v) is 12.1. The van der Waals surface area contributed by atoms with E-state index in [1.807, 2.05) is 60.7 Å². The molecule has 200 valence electrons. The van der Waals surface area contributed by atoms with E-state index in [0.717, 1.165) is 28.2 Å². The summed E-state index contributed by atoms with van der Waals surface area (Å²) in [6, 6.07) is 58.1. The Morgan fingerprint density at radius 3 is 1.00 bits per heavy atom. The van der Waals surface area contributed by atoms with E-state index in [9.17, 15) is 0 Å². The fourth-order valence-corrected chi connectivity index (χ4v) is 6.77. The van der Waals surface area contributed by atoms with Crippen molar-refractivity contribution in [2.75, 3.05) is 0 Å². The number of benzene rings is 6. The van der Waals surface area contributed by atoms with Crippen molar-refractivity contribution >= 4 is 34.2 Å². The normalized spacial score (nSPS) is 11.7. The van der Waals surface area contributed by atoms with E-state index in [2.05, 4.69) is 132 Å². The first-order valence-electron chi connectivity index (χ1n) is 13.6. The predicted molar refractivity (Wildman–Crippen MR) is 178 cm³/mol. The molecule has 0 aliphatic carbocycles. The van der Waals surface area contributed by atoms with Crippen molar-refractivity contribution in [1.29, 1.82) is 0 Å². The fraction of sp³-hybridized carbons (Fsp3) is 0.0526. The molecule has 0 radical (unpaired) electrons. The van der Waals surface area contributed by atoms with Gasteiger partial charge >= 0.3 is 0 Å². The highest BCUT2D eigenvalue weighted by Gasteiger charge is 2.34. The summed E-state index contributed by atoms with van der Waals surface area (Å²) in [5, 5.41) is 0. The first-order valence-corrected chi connectivity index (χ1v) is 15.0. The van der Waals surface area contributed by atoms with Crippen LogP contribution >= 0.6 is 34.2 Å². The molecular formula is C38H28ClIO. The van der Waals surface area contributed by atoms with E-state index in [-0.39, 0.29) is 3.42 Å². The molecule has 0 bridgehead atoms.